The fraction of sp³-hybridized carbons (Fsp3) is 0.300. The third-order valence-corrected chi connectivity index (χ3v) is 4.04. The molecule has 27 heavy (non-hydrogen) atoms. The number of hydrogen-bond donors (Lipinski definition) is 0. The smallest absolute Gasteiger partial charge is 0.313 e. The molecule has 0 saturated heterocycles. The molecule has 1 unspecified atom stereocenters. The molecule has 0 spiro atoms. The Morgan fingerprint density at radius 3 is 2.33 bits per heavy atom. The summed E-state index contributed by atoms with van der Waals surface area (Å²) in [6.07, 6.45) is 0.864. The van der Waals surface area contributed by atoms with E-state index in [1.807, 2.05) is 6.07 Å². The molecule has 0 fully saturated rings. The molecule has 7 nitrogen and oxygen atoms in total. The Kier molecular flexibility index (Phi) is 7.49. The van der Waals surface area contributed by atoms with Gasteiger partial charge in [0.15, 0.2) is 5.78 Å². The van der Waals surface area contributed by atoms with Gasteiger partial charge in [-0.15, -0.1) is 10.1 Å². The molecule has 0 aliphatic rings. The van der Waals surface area contributed by atoms with Crippen LogP contribution >= 0.6 is 0 Å². The average molecular weight is 371 g/mol. The van der Waals surface area contributed by atoms with Crippen LogP contribution in [0.1, 0.15) is 47.2 Å². The summed E-state index contributed by atoms with van der Waals surface area (Å²) >= 11 is 0. The molecule has 1 atom stereocenters. The van der Waals surface area contributed by atoms with Gasteiger partial charge in [0.05, 0.1) is 19.1 Å². The number of esters is 1. The fourth-order valence-electron chi connectivity index (χ4n) is 2.59. The Morgan fingerprint density at radius 1 is 1.00 bits per heavy atom. The first-order chi connectivity index (χ1) is 13.0. The van der Waals surface area contributed by atoms with E-state index in [1.54, 1.807) is 55.5 Å². The van der Waals surface area contributed by atoms with Crippen LogP contribution in [0.15, 0.2) is 54.6 Å². The van der Waals surface area contributed by atoms with E-state index >= 15 is 0 Å². The van der Waals surface area contributed by atoms with E-state index in [0.29, 0.717) is 29.5 Å². The van der Waals surface area contributed by atoms with Gasteiger partial charge in [-0.1, -0.05) is 54.6 Å². The standard InChI is InChI=1S/C20H21NO6/c1-15(20(23)26-13-7-8-14-27-21(24)25)17-11-5-6-12-18(17)19(22)16-9-3-2-4-10-16/h2-6,9-12,15H,7-8,13-14H2,1H3. The summed E-state index contributed by atoms with van der Waals surface area (Å²) in [5, 5.41) is 9.19. The summed E-state index contributed by atoms with van der Waals surface area (Å²) in [5.41, 5.74) is 1.62. The molecule has 0 aliphatic heterocycles. The van der Waals surface area contributed by atoms with Crippen LogP contribution in [-0.2, 0) is 14.4 Å². The first kappa shape index (κ1) is 20.1. The second kappa shape index (κ2) is 10.1. The summed E-state index contributed by atoms with van der Waals surface area (Å²) in [7, 11) is 0. The Morgan fingerprint density at radius 2 is 1.63 bits per heavy atom. The van der Waals surface area contributed by atoms with E-state index < -0.39 is 17.0 Å². The van der Waals surface area contributed by atoms with Crippen LogP contribution in [0, 0.1) is 10.1 Å². The molecule has 0 radical (unpaired) electrons. The lowest BCUT2D eigenvalue weighted by Gasteiger charge is -2.15. The Bertz CT molecular complexity index is 790. The normalized spacial score (nSPS) is 11.4. The molecule has 2 aromatic carbocycles. The molecule has 0 aromatic heterocycles. The number of nitrogens with zero attached hydrogens (tertiary/aromatic N) is 1. The van der Waals surface area contributed by atoms with E-state index in [0.717, 1.165) is 0 Å². The minimum Gasteiger partial charge on any atom is -0.465 e. The van der Waals surface area contributed by atoms with E-state index in [2.05, 4.69) is 4.84 Å². The third-order valence-electron chi connectivity index (χ3n) is 4.04. The Balaban J connectivity index is 1.98. The zero-order chi connectivity index (χ0) is 19.6. The lowest BCUT2D eigenvalue weighted by Crippen LogP contribution is -2.17. The van der Waals surface area contributed by atoms with E-state index in [9.17, 15) is 19.7 Å². The highest BCUT2D eigenvalue weighted by atomic mass is 16.9. The van der Waals surface area contributed by atoms with Crippen LogP contribution in [0.2, 0.25) is 0 Å². The van der Waals surface area contributed by atoms with Gasteiger partial charge in [0.2, 0.25) is 0 Å². The number of carbonyl (C=O) groups excluding carboxylic acids is 2. The van der Waals surface area contributed by atoms with Gasteiger partial charge in [-0.25, -0.2) is 0 Å². The quantitative estimate of drug-likeness (QED) is 0.208. The molecule has 0 N–H and O–H groups in total. The first-order valence-electron chi connectivity index (χ1n) is 8.63. The molecule has 7 heteroatoms. The minimum absolute atomic E-state index is 0.0332. The SMILES string of the molecule is CC(C(=O)OCCCCO[N+](=O)[O-])c1ccccc1C(=O)c1ccccc1. The van der Waals surface area contributed by atoms with Crippen LogP contribution < -0.4 is 0 Å². The maximum Gasteiger partial charge on any atom is 0.313 e. The van der Waals surface area contributed by atoms with Crippen molar-refractivity contribution in [2.75, 3.05) is 13.2 Å². The molecule has 0 bridgehead atoms. The topological polar surface area (TPSA) is 95.7 Å². The van der Waals surface area contributed by atoms with Gasteiger partial charge in [0, 0.05) is 11.1 Å². The summed E-state index contributed by atoms with van der Waals surface area (Å²) in [6.45, 7) is 1.79. The van der Waals surface area contributed by atoms with Crippen molar-refractivity contribution in [1.29, 1.82) is 0 Å². The van der Waals surface area contributed by atoms with Crippen LogP contribution in [0.5, 0.6) is 0 Å². The van der Waals surface area contributed by atoms with E-state index in [4.69, 9.17) is 4.74 Å². The number of ketones is 1. The Hall–Kier alpha value is -3.22. The van der Waals surface area contributed by atoms with Gasteiger partial charge < -0.3 is 9.57 Å². The van der Waals surface area contributed by atoms with Gasteiger partial charge in [-0.05, 0) is 25.3 Å². The zero-order valence-electron chi connectivity index (χ0n) is 15.0. The molecular weight excluding hydrogens is 350 g/mol. The molecule has 0 heterocycles. The maximum atomic E-state index is 12.8. The third kappa shape index (κ3) is 5.91. The van der Waals surface area contributed by atoms with Crippen molar-refractivity contribution < 1.29 is 24.3 Å². The van der Waals surface area contributed by atoms with Crippen LogP contribution in [0.4, 0.5) is 0 Å². The van der Waals surface area contributed by atoms with Gasteiger partial charge in [0.25, 0.3) is 5.09 Å². The monoisotopic (exact) mass is 371 g/mol. The second-order valence-electron chi connectivity index (χ2n) is 5.94. The zero-order valence-corrected chi connectivity index (χ0v) is 15.0. The highest BCUT2D eigenvalue weighted by Crippen LogP contribution is 2.24. The number of benzene rings is 2. The highest BCUT2D eigenvalue weighted by Gasteiger charge is 2.23. The molecule has 2 rings (SSSR count). The molecule has 0 amide bonds. The molecule has 142 valence electrons. The highest BCUT2D eigenvalue weighted by molar-refractivity contribution is 6.10. The van der Waals surface area contributed by atoms with Crippen molar-refractivity contribution >= 4 is 11.8 Å². The number of hydrogen-bond acceptors (Lipinski definition) is 6. The van der Waals surface area contributed by atoms with Gasteiger partial charge in [-0.2, -0.15) is 0 Å². The predicted molar refractivity (Wildman–Crippen MR) is 97.9 cm³/mol. The Labute approximate surface area is 157 Å². The van der Waals surface area contributed by atoms with Crippen molar-refractivity contribution in [1.82, 2.24) is 0 Å². The van der Waals surface area contributed by atoms with Gasteiger partial charge in [0.1, 0.15) is 0 Å². The molecule has 0 aliphatic carbocycles. The average Bonchev–Trinajstić information content (AvgIpc) is 2.69. The maximum absolute atomic E-state index is 12.8. The fourth-order valence-corrected chi connectivity index (χ4v) is 2.59. The van der Waals surface area contributed by atoms with Crippen molar-refractivity contribution in [2.24, 2.45) is 0 Å². The minimum atomic E-state index is -0.852. The second-order valence-corrected chi connectivity index (χ2v) is 5.94. The summed E-state index contributed by atoms with van der Waals surface area (Å²) in [4.78, 5) is 39.3. The number of carbonyl (C=O) groups is 2. The number of ether oxygens (including phenoxy) is 1. The predicted octanol–water partition coefficient (Wildman–Crippen LogP) is 3.55. The number of rotatable bonds is 10. The number of unbranched alkanes of at least 4 members (excludes halogenated alkanes) is 1. The molecule has 2 aromatic rings. The lowest BCUT2D eigenvalue weighted by molar-refractivity contribution is -0.757. The van der Waals surface area contributed by atoms with Crippen molar-refractivity contribution in [3.63, 3.8) is 0 Å². The molecule has 0 saturated carbocycles. The van der Waals surface area contributed by atoms with E-state index in [1.165, 1.54) is 0 Å². The van der Waals surface area contributed by atoms with Crippen molar-refractivity contribution in [3.05, 3.63) is 81.4 Å². The van der Waals surface area contributed by atoms with Crippen LogP contribution in [-0.4, -0.2) is 30.1 Å². The first-order valence-corrected chi connectivity index (χ1v) is 8.63. The van der Waals surface area contributed by atoms with Crippen LogP contribution in [0.3, 0.4) is 0 Å². The summed E-state index contributed by atoms with van der Waals surface area (Å²) in [5.74, 6) is -1.20. The largest absolute Gasteiger partial charge is 0.465 e. The summed E-state index contributed by atoms with van der Waals surface area (Å²) in [6, 6.07) is 15.8. The van der Waals surface area contributed by atoms with Crippen molar-refractivity contribution in [2.45, 2.75) is 25.7 Å². The van der Waals surface area contributed by atoms with Gasteiger partial charge in [-0.3, -0.25) is 9.59 Å². The molecular formula is C20H21NO6. The van der Waals surface area contributed by atoms with Gasteiger partial charge >= 0.3 is 5.97 Å². The lowest BCUT2D eigenvalue weighted by atomic mass is 9.91. The van der Waals surface area contributed by atoms with Crippen LogP contribution in [0.25, 0.3) is 0 Å². The van der Waals surface area contributed by atoms with Crippen molar-refractivity contribution in [3.8, 4) is 0 Å². The summed E-state index contributed by atoms with van der Waals surface area (Å²) < 4.78 is 5.23. The van der Waals surface area contributed by atoms with E-state index in [-0.39, 0.29) is 19.0 Å².